The molecule has 2 unspecified atom stereocenters. The fourth-order valence-corrected chi connectivity index (χ4v) is 10.3. The Labute approximate surface area is 384 Å². The third-order valence-corrected chi connectivity index (χ3v) is 13.7. The fraction of sp³-hybridized carbons (Fsp3) is 0.533. The zero-order chi connectivity index (χ0) is 50.2. The Kier molecular flexibility index (Phi) is 18.2. The van der Waals surface area contributed by atoms with Gasteiger partial charge in [-0.1, -0.05) is 43.9 Å². The van der Waals surface area contributed by atoms with Gasteiger partial charge in [0.2, 0.25) is 5.69 Å². The highest BCUT2D eigenvalue weighted by molar-refractivity contribution is 7.86. The van der Waals surface area contributed by atoms with Crippen molar-refractivity contribution in [3.8, 4) is 0 Å². The number of unbranched alkanes of at least 4 members (excludes halogenated alkanes) is 6. The highest BCUT2D eigenvalue weighted by Crippen LogP contribution is 2.55. The Hall–Kier alpha value is -4.67. The van der Waals surface area contributed by atoms with Crippen molar-refractivity contribution in [3.63, 3.8) is 0 Å². The molecule has 4 rings (SSSR count). The van der Waals surface area contributed by atoms with Gasteiger partial charge in [-0.2, -0.15) is 47.8 Å². The number of anilines is 1. The van der Waals surface area contributed by atoms with Crippen molar-refractivity contribution in [3.05, 3.63) is 94.2 Å². The van der Waals surface area contributed by atoms with E-state index in [2.05, 4.69) is 0 Å². The first-order valence-electron chi connectivity index (χ1n) is 21.6. The zero-order valence-corrected chi connectivity index (χ0v) is 38.5. The van der Waals surface area contributed by atoms with Gasteiger partial charge in [-0.15, -0.1) is 0 Å². The van der Waals surface area contributed by atoms with E-state index < -0.39 is 89.6 Å². The quantitative estimate of drug-likeness (QED) is 0.0244. The molecule has 2 aliphatic heterocycles. The molecule has 2 atom stereocenters. The lowest BCUT2D eigenvalue weighted by atomic mass is 9.73. The first-order chi connectivity index (χ1) is 31.0. The van der Waals surface area contributed by atoms with E-state index in [0.29, 0.717) is 25.0 Å². The third-order valence-electron chi connectivity index (χ3n) is 12.1. The normalized spacial score (nSPS) is 19.6. The van der Waals surface area contributed by atoms with Gasteiger partial charge in [0.05, 0.1) is 33.6 Å². The molecule has 67 heavy (non-hydrogen) atoms. The van der Waals surface area contributed by atoms with Crippen molar-refractivity contribution in [1.29, 1.82) is 0 Å². The number of carbonyl (C=O) groups is 2. The zero-order valence-electron chi connectivity index (χ0n) is 36.9. The van der Waals surface area contributed by atoms with Crippen molar-refractivity contribution in [2.24, 2.45) is 0 Å². The van der Waals surface area contributed by atoms with Crippen molar-refractivity contribution < 1.29 is 85.4 Å². The lowest BCUT2D eigenvalue weighted by molar-refractivity contribution is -0.438. The van der Waals surface area contributed by atoms with Crippen molar-refractivity contribution in [2.75, 3.05) is 29.5 Å². The van der Waals surface area contributed by atoms with Gasteiger partial charge >= 0.3 is 24.3 Å². The molecule has 0 amide bonds. The van der Waals surface area contributed by atoms with E-state index in [1.165, 1.54) is 53.7 Å². The van der Waals surface area contributed by atoms with E-state index in [0.717, 1.165) is 12.1 Å². The monoisotopic (exact) mass is 999 g/mol. The maximum Gasteiger partial charge on any atom is 0.417 e. The molecule has 0 fully saturated rings. The predicted molar refractivity (Wildman–Crippen MR) is 234 cm³/mol. The van der Waals surface area contributed by atoms with Crippen LogP contribution in [-0.4, -0.2) is 83.0 Å². The molecule has 2 heterocycles. The molecule has 0 aromatic heterocycles. The van der Waals surface area contributed by atoms with Crippen LogP contribution in [0.3, 0.4) is 0 Å². The summed E-state index contributed by atoms with van der Waals surface area (Å²) in [6, 6.07) is 2.62. The summed E-state index contributed by atoms with van der Waals surface area (Å²) in [6.45, 7) is 2.79. The van der Waals surface area contributed by atoms with Crippen LogP contribution < -0.4 is 4.90 Å². The molecule has 0 bridgehead atoms. The summed E-state index contributed by atoms with van der Waals surface area (Å²) in [6.07, 6.45) is -1.85. The van der Waals surface area contributed by atoms with E-state index in [4.69, 9.17) is 10.2 Å². The molecule has 2 aromatic rings. The van der Waals surface area contributed by atoms with Crippen LogP contribution in [0.5, 0.6) is 0 Å². The average molecular weight is 1000 g/mol. The maximum absolute atomic E-state index is 15.1. The number of halogens is 8. The maximum atomic E-state index is 15.1. The smallest absolute Gasteiger partial charge is 0.417 e. The first-order valence-corrected chi connectivity index (χ1v) is 24.9. The van der Waals surface area contributed by atoms with Gasteiger partial charge in [0.1, 0.15) is 18.2 Å². The average Bonchev–Trinajstić information content (AvgIpc) is 3.55. The second-order valence-electron chi connectivity index (χ2n) is 17.2. The second-order valence-corrected chi connectivity index (χ2v) is 20.4. The standard InChI is InChI=1S/C45H54F8N2O10S2/c1-42(20-10-4-8-18-38(56)57)36(54(22-12-14-24-66(60,61)62)34-28-30(46)26-32(40(34)42)44(48,49)50)16-6-3-7-17-37-43(2,21-11-5-9-19-39(58)59)41-33(45(51,52)53)27-31(47)29-35(41)55(37)23-13-15-25-67(63,64)65/h3,6-7,16-17,26-29H,4-5,8-15,18-25H2,1-2H3,(H3-,56,57,58,59,60,61,62,63,64,65)/p+1. The second kappa shape index (κ2) is 22.2. The van der Waals surface area contributed by atoms with Gasteiger partial charge in [-0.25, -0.2) is 8.78 Å². The lowest BCUT2D eigenvalue weighted by Crippen LogP contribution is -2.33. The molecular formula is C45H55F8N2O10S2+. The Bertz CT molecular complexity index is 2500. The van der Waals surface area contributed by atoms with Gasteiger partial charge in [-0.05, 0) is 88.6 Å². The van der Waals surface area contributed by atoms with Gasteiger partial charge in [-0.3, -0.25) is 18.7 Å². The Morgan fingerprint density at radius 3 is 1.69 bits per heavy atom. The summed E-state index contributed by atoms with van der Waals surface area (Å²) in [4.78, 5) is 23.8. The van der Waals surface area contributed by atoms with Crippen LogP contribution in [0, 0.1) is 11.6 Å². The van der Waals surface area contributed by atoms with Crippen molar-refractivity contribution >= 4 is 49.3 Å². The number of hydrogen-bond acceptors (Lipinski definition) is 7. The van der Waals surface area contributed by atoms with E-state index in [9.17, 15) is 61.9 Å². The molecule has 2 aliphatic rings. The van der Waals surface area contributed by atoms with Gasteiger partial charge in [0.25, 0.3) is 20.2 Å². The van der Waals surface area contributed by atoms with Crippen LogP contribution in [-0.2, 0) is 53.0 Å². The van der Waals surface area contributed by atoms with E-state index in [1.807, 2.05) is 0 Å². The molecule has 0 saturated carbocycles. The molecular weight excluding hydrogens is 945 g/mol. The number of hydrogen-bond donors (Lipinski definition) is 4. The topological polar surface area (TPSA) is 190 Å². The lowest BCUT2D eigenvalue weighted by Gasteiger charge is -2.31. The SMILES string of the molecule is CC1(CCCCCC(=O)O)C(/C=C/C=C/C=C2/N(CCCCS(=O)(=O)O)c3cc(F)cc(C(F)(F)F)c3C2(C)CCCCCC(=O)O)=[N+](CCCCS(=O)(=O)O)c2cc(F)cc(C(F)(F)F)c21. The highest BCUT2D eigenvalue weighted by Gasteiger charge is 2.53. The number of carboxylic acid groups (broad SMARTS) is 2. The molecule has 2 aromatic carbocycles. The summed E-state index contributed by atoms with van der Waals surface area (Å²) < 4.78 is 185. The van der Waals surface area contributed by atoms with E-state index in [1.54, 1.807) is 0 Å². The predicted octanol–water partition coefficient (Wildman–Crippen LogP) is 10.5. The van der Waals surface area contributed by atoms with E-state index in [-0.39, 0.29) is 124 Å². The minimum Gasteiger partial charge on any atom is -0.481 e. The number of alkyl halides is 6. The Morgan fingerprint density at radius 1 is 0.657 bits per heavy atom. The minimum atomic E-state index is -5.03. The van der Waals surface area contributed by atoms with Gasteiger partial charge in [0.15, 0.2) is 5.71 Å². The summed E-state index contributed by atoms with van der Waals surface area (Å²) in [7, 11) is -8.81. The number of carboxylic acids is 2. The number of benzene rings is 2. The van der Waals surface area contributed by atoms with Crippen LogP contribution in [0.4, 0.5) is 46.5 Å². The number of nitrogens with zero attached hydrogens (tertiary/aromatic N) is 2. The molecule has 12 nitrogen and oxygen atoms in total. The summed E-state index contributed by atoms with van der Waals surface area (Å²) >= 11 is 0. The molecule has 372 valence electrons. The number of rotatable bonds is 25. The van der Waals surface area contributed by atoms with Crippen LogP contribution in [0.15, 0.2) is 60.3 Å². The molecule has 0 saturated heterocycles. The largest absolute Gasteiger partial charge is 0.481 e. The third kappa shape index (κ3) is 14.7. The van der Waals surface area contributed by atoms with Gasteiger partial charge in [0, 0.05) is 54.7 Å². The molecule has 0 spiro atoms. The molecule has 0 aliphatic carbocycles. The number of allylic oxidation sites excluding steroid dienone is 6. The summed E-state index contributed by atoms with van der Waals surface area (Å²) in [5, 5.41) is 18.3. The van der Waals surface area contributed by atoms with E-state index >= 15 is 8.78 Å². The summed E-state index contributed by atoms with van der Waals surface area (Å²) in [5.74, 6) is -5.85. The Balaban J connectivity index is 1.88. The summed E-state index contributed by atoms with van der Waals surface area (Å²) in [5.41, 5.74) is -5.85. The van der Waals surface area contributed by atoms with Crippen molar-refractivity contribution in [2.45, 2.75) is 127 Å². The first kappa shape index (κ1) is 54.9. The number of fused-ring (bicyclic) bond motifs is 2. The highest BCUT2D eigenvalue weighted by atomic mass is 32.2. The van der Waals surface area contributed by atoms with Crippen LogP contribution >= 0.6 is 0 Å². The van der Waals surface area contributed by atoms with Crippen LogP contribution in [0.2, 0.25) is 0 Å². The Morgan fingerprint density at radius 2 is 1.16 bits per heavy atom. The molecule has 0 radical (unpaired) electrons. The van der Waals surface area contributed by atoms with Gasteiger partial charge < -0.3 is 15.1 Å². The minimum absolute atomic E-state index is 0.0150. The van der Waals surface area contributed by atoms with Crippen LogP contribution in [0.1, 0.15) is 126 Å². The van der Waals surface area contributed by atoms with Crippen molar-refractivity contribution in [1.82, 2.24) is 0 Å². The molecule has 22 heteroatoms. The van der Waals surface area contributed by atoms with Crippen LogP contribution in [0.25, 0.3) is 0 Å². The molecule has 4 N–H and O–H groups in total. The fourth-order valence-electron chi connectivity index (χ4n) is 9.19. The number of aliphatic carboxylic acids is 2.